The predicted molar refractivity (Wildman–Crippen MR) is 114 cm³/mol. The van der Waals surface area contributed by atoms with E-state index in [-0.39, 0.29) is 0 Å². The Balaban J connectivity index is 1.85. The Hall–Kier alpha value is -2.89. The molecule has 0 aromatic heterocycles. The van der Waals surface area contributed by atoms with Crippen molar-refractivity contribution in [2.45, 2.75) is 19.8 Å². The van der Waals surface area contributed by atoms with Crippen LogP contribution in [0.4, 0.5) is 0 Å². The third-order valence-electron chi connectivity index (χ3n) is 4.33. The van der Waals surface area contributed by atoms with Gasteiger partial charge in [0.15, 0.2) is 17.5 Å². The lowest BCUT2D eigenvalue weighted by atomic mass is 10.1. The van der Waals surface area contributed by atoms with E-state index in [1.807, 2.05) is 24.3 Å². The molecule has 0 bridgehead atoms. The van der Waals surface area contributed by atoms with E-state index in [0.29, 0.717) is 0 Å². The van der Waals surface area contributed by atoms with E-state index in [1.165, 1.54) is 11.1 Å². The Morgan fingerprint density at radius 1 is 0.821 bits per heavy atom. The van der Waals surface area contributed by atoms with Gasteiger partial charge in [-0.2, -0.15) is 0 Å². The lowest BCUT2D eigenvalue weighted by Gasteiger charge is -2.13. The van der Waals surface area contributed by atoms with Crippen LogP contribution in [0.3, 0.4) is 0 Å². The number of rotatable bonds is 10. The number of ether oxygens (including phenoxy) is 3. The van der Waals surface area contributed by atoms with Crippen LogP contribution in [0.25, 0.3) is 0 Å². The van der Waals surface area contributed by atoms with Gasteiger partial charge in [0, 0.05) is 19.6 Å². The second-order valence-electron chi connectivity index (χ2n) is 6.22. The molecular weight excluding hydrogens is 354 g/mol. The van der Waals surface area contributed by atoms with Gasteiger partial charge in [-0.3, -0.25) is 4.99 Å². The van der Waals surface area contributed by atoms with Gasteiger partial charge in [-0.1, -0.05) is 18.2 Å². The lowest BCUT2D eigenvalue weighted by molar-refractivity contribution is 0.354. The van der Waals surface area contributed by atoms with E-state index in [9.17, 15) is 0 Å². The average Bonchev–Trinajstić information content (AvgIpc) is 2.74. The van der Waals surface area contributed by atoms with E-state index in [2.05, 4.69) is 40.7 Å². The van der Waals surface area contributed by atoms with Crippen LogP contribution in [0.2, 0.25) is 0 Å². The van der Waals surface area contributed by atoms with Crippen LogP contribution in [-0.4, -0.2) is 46.9 Å². The molecule has 0 fully saturated rings. The standard InChI is InChI=1S/C22H31N3O3/c1-5-23-22(24-14-12-17-6-9-19(26-2)10-7-17)25-15-13-18-8-11-20(27-3)21(16-18)28-4/h6-11,16H,5,12-15H2,1-4H3,(H2,23,24,25). The van der Waals surface area contributed by atoms with Crippen molar-refractivity contribution in [1.82, 2.24) is 10.6 Å². The second-order valence-corrected chi connectivity index (χ2v) is 6.22. The van der Waals surface area contributed by atoms with E-state index in [4.69, 9.17) is 14.2 Å². The average molecular weight is 386 g/mol. The molecule has 0 spiro atoms. The van der Waals surface area contributed by atoms with Gasteiger partial charge in [0.2, 0.25) is 0 Å². The van der Waals surface area contributed by atoms with Crippen LogP contribution in [0.15, 0.2) is 47.5 Å². The SMILES string of the molecule is CCNC(=NCCc1ccc(OC)cc1)NCCc1ccc(OC)c(OC)c1. The van der Waals surface area contributed by atoms with Gasteiger partial charge in [-0.05, 0) is 55.2 Å². The monoisotopic (exact) mass is 385 g/mol. The molecule has 2 rings (SSSR count). The minimum Gasteiger partial charge on any atom is -0.497 e. The highest BCUT2D eigenvalue weighted by atomic mass is 16.5. The van der Waals surface area contributed by atoms with Gasteiger partial charge in [-0.15, -0.1) is 0 Å². The number of hydrogen-bond acceptors (Lipinski definition) is 4. The van der Waals surface area contributed by atoms with Crippen molar-refractivity contribution in [3.05, 3.63) is 53.6 Å². The first kappa shape index (κ1) is 21.4. The molecule has 2 aromatic rings. The van der Waals surface area contributed by atoms with Crippen LogP contribution in [0.1, 0.15) is 18.1 Å². The Bertz CT molecular complexity index is 745. The molecule has 0 atom stereocenters. The number of nitrogens with zero attached hydrogens (tertiary/aromatic N) is 1. The minimum atomic E-state index is 0.720. The van der Waals surface area contributed by atoms with Gasteiger partial charge < -0.3 is 24.8 Å². The lowest BCUT2D eigenvalue weighted by Crippen LogP contribution is -2.38. The van der Waals surface area contributed by atoms with E-state index in [0.717, 1.165) is 55.7 Å². The molecule has 0 radical (unpaired) electrons. The first-order chi connectivity index (χ1) is 13.7. The molecule has 0 amide bonds. The van der Waals surface area contributed by atoms with Gasteiger partial charge in [0.25, 0.3) is 0 Å². The van der Waals surface area contributed by atoms with Gasteiger partial charge in [-0.25, -0.2) is 0 Å². The molecule has 0 aliphatic rings. The first-order valence-electron chi connectivity index (χ1n) is 9.56. The molecule has 0 heterocycles. The molecule has 0 saturated heterocycles. The molecule has 0 aliphatic carbocycles. The number of aliphatic imine (C=N–C) groups is 1. The summed E-state index contributed by atoms with van der Waals surface area (Å²) in [6.45, 7) is 4.39. The van der Waals surface area contributed by atoms with Crippen molar-refractivity contribution >= 4 is 5.96 Å². The van der Waals surface area contributed by atoms with Gasteiger partial charge >= 0.3 is 0 Å². The molecular formula is C22H31N3O3. The maximum Gasteiger partial charge on any atom is 0.191 e. The quantitative estimate of drug-likeness (QED) is 0.486. The molecule has 2 aromatic carbocycles. The summed E-state index contributed by atoms with van der Waals surface area (Å²) in [7, 11) is 4.97. The minimum absolute atomic E-state index is 0.720. The highest BCUT2D eigenvalue weighted by Crippen LogP contribution is 2.27. The number of methoxy groups -OCH3 is 3. The van der Waals surface area contributed by atoms with Crippen molar-refractivity contribution in [2.24, 2.45) is 4.99 Å². The Morgan fingerprint density at radius 2 is 1.54 bits per heavy atom. The summed E-state index contributed by atoms with van der Waals surface area (Å²) in [5, 5.41) is 6.67. The van der Waals surface area contributed by atoms with Crippen LogP contribution in [-0.2, 0) is 12.8 Å². The fraction of sp³-hybridized carbons (Fsp3) is 0.409. The van der Waals surface area contributed by atoms with Crippen molar-refractivity contribution < 1.29 is 14.2 Å². The summed E-state index contributed by atoms with van der Waals surface area (Å²) >= 11 is 0. The Morgan fingerprint density at radius 3 is 2.18 bits per heavy atom. The molecule has 6 nitrogen and oxygen atoms in total. The maximum absolute atomic E-state index is 5.36. The molecule has 0 aliphatic heterocycles. The van der Waals surface area contributed by atoms with Gasteiger partial charge in [0.1, 0.15) is 5.75 Å². The summed E-state index contributed by atoms with van der Waals surface area (Å²) in [6, 6.07) is 14.1. The number of guanidine groups is 1. The normalized spacial score (nSPS) is 11.1. The number of hydrogen-bond donors (Lipinski definition) is 2. The zero-order valence-electron chi connectivity index (χ0n) is 17.2. The van der Waals surface area contributed by atoms with E-state index >= 15 is 0 Å². The Labute approximate surface area is 167 Å². The van der Waals surface area contributed by atoms with Crippen molar-refractivity contribution in [3.63, 3.8) is 0 Å². The van der Waals surface area contributed by atoms with Crippen molar-refractivity contribution in [1.29, 1.82) is 0 Å². The maximum atomic E-state index is 5.36. The zero-order valence-corrected chi connectivity index (χ0v) is 17.2. The third kappa shape index (κ3) is 6.68. The largest absolute Gasteiger partial charge is 0.497 e. The Kier molecular flexibility index (Phi) is 8.98. The molecule has 28 heavy (non-hydrogen) atoms. The molecule has 0 saturated carbocycles. The number of nitrogens with one attached hydrogen (secondary N) is 2. The van der Waals surface area contributed by atoms with Crippen molar-refractivity contribution in [3.8, 4) is 17.2 Å². The predicted octanol–water partition coefficient (Wildman–Crippen LogP) is 3.05. The summed E-state index contributed by atoms with van der Waals surface area (Å²) in [4.78, 5) is 4.66. The highest BCUT2D eigenvalue weighted by Gasteiger charge is 2.05. The van der Waals surface area contributed by atoms with Gasteiger partial charge in [0.05, 0.1) is 21.3 Å². The summed E-state index contributed by atoms with van der Waals surface area (Å²) in [6.07, 6.45) is 1.75. The van der Waals surface area contributed by atoms with E-state index in [1.54, 1.807) is 21.3 Å². The second kappa shape index (κ2) is 11.7. The van der Waals surface area contributed by atoms with Crippen LogP contribution >= 0.6 is 0 Å². The zero-order chi connectivity index (χ0) is 20.2. The summed E-state index contributed by atoms with van der Waals surface area (Å²) in [5.74, 6) is 3.20. The summed E-state index contributed by atoms with van der Waals surface area (Å²) < 4.78 is 15.8. The highest BCUT2D eigenvalue weighted by molar-refractivity contribution is 5.79. The first-order valence-corrected chi connectivity index (χ1v) is 9.56. The molecule has 0 unspecified atom stereocenters. The number of benzene rings is 2. The molecule has 2 N–H and O–H groups in total. The smallest absolute Gasteiger partial charge is 0.191 e. The van der Waals surface area contributed by atoms with Crippen LogP contribution < -0.4 is 24.8 Å². The fourth-order valence-corrected chi connectivity index (χ4v) is 2.79. The van der Waals surface area contributed by atoms with Crippen LogP contribution in [0, 0.1) is 0 Å². The van der Waals surface area contributed by atoms with Crippen LogP contribution in [0.5, 0.6) is 17.2 Å². The van der Waals surface area contributed by atoms with Crippen molar-refractivity contribution in [2.75, 3.05) is 41.0 Å². The van der Waals surface area contributed by atoms with E-state index < -0.39 is 0 Å². The topological polar surface area (TPSA) is 64.1 Å². The summed E-state index contributed by atoms with van der Waals surface area (Å²) in [5.41, 5.74) is 2.42. The fourth-order valence-electron chi connectivity index (χ4n) is 2.79. The molecule has 6 heteroatoms. The third-order valence-corrected chi connectivity index (χ3v) is 4.33. The molecule has 152 valence electrons.